The largest absolute Gasteiger partial charge is 0.313 e. The fourth-order valence-electron chi connectivity index (χ4n) is 1.93. The second-order valence-electron chi connectivity index (χ2n) is 4.09. The van der Waals surface area contributed by atoms with Crippen LogP contribution >= 0.6 is 11.3 Å². The van der Waals surface area contributed by atoms with Crippen LogP contribution in [0.5, 0.6) is 0 Å². The topological polar surface area (TPSA) is 12.0 Å². The van der Waals surface area contributed by atoms with Crippen molar-refractivity contribution in [3.05, 3.63) is 57.8 Å². The fourth-order valence-corrected chi connectivity index (χ4v) is 2.65. The fraction of sp³-hybridized carbons (Fsp3) is 0.286. The van der Waals surface area contributed by atoms with Gasteiger partial charge in [-0.1, -0.05) is 29.8 Å². The first-order chi connectivity index (χ1) is 7.79. The van der Waals surface area contributed by atoms with Crippen LogP contribution < -0.4 is 5.32 Å². The van der Waals surface area contributed by atoms with Gasteiger partial charge in [0.1, 0.15) is 0 Å². The van der Waals surface area contributed by atoms with Gasteiger partial charge < -0.3 is 5.32 Å². The molecule has 0 saturated heterocycles. The van der Waals surface area contributed by atoms with Crippen LogP contribution in [0.2, 0.25) is 0 Å². The lowest BCUT2D eigenvalue weighted by molar-refractivity contribution is 0.594. The summed E-state index contributed by atoms with van der Waals surface area (Å²) in [4.78, 5) is 0. The van der Waals surface area contributed by atoms with E-state index in [2.05, 4.69) is 53.3 Å². The average molecular weight is 231 g/mol. The summed E-state index contributed by atoms with van der Waals surface area (Å²) in [6.45, 7) is 2.14. The molecular formula is C14H17NS. The Kier molecular flexibility index (Phi) is 3.75. The van der Waals surface area contributed by atoms with Crippen molar-refractivity contribution in [2.45, 2.75) is 19.4 Å². The molecule has 0 radical (unpaired) electrons. The van der Waals surface area contributed by atoms with E-state index in [9.17, 15) is 0 Å². The highest BCUT2D eigenvalue weighted by atomic mass is 32.1. The molecule has 0 saturated carbocycles. The molecule has 16 heavy (non-hydrogen) atoms. The van der Waals surface area contributed by atoms with Crippen molar-refractivity contribution in [3.63, 3.8) is 0 Å². The second-order valence-corrected chi connectivity index (χ2v) is 4.87. The van der Waals surface area contributed by atoms with Gasteiger partial charge in [0.2, 0.25) is 0 Å². The number of hydrogen-bond donors (Lipinski definition) is 1. The van der Waals surface area contributed by atoms with E-state index in [0.29, 0.717) is 6.04 Å². The molecule has 1 aromatic carbocycles. The zero-order valence-electron chi connectivity index (χ0n) is 9.73. The summed E-state index contributed by atoms with van der Waals surface area (Å²) < 4.78 is 0. The third-order valence-electron chi connectivity index (χ3n) is 2.82. The molecular weight excluding hydrogens is 214 g/mol. The minimum absolute atomic E-state index is 0.424. The number of nitrogens with one attached hydrogen (secondary N) is 1. The van der Waals surface area contributed by atoms with Crippen molar-refractivity contribution < 1.29 is 0 Å². The van der Waals surface area contributed by atoms with Crippen LogP contribution in [0.15, 0.2) is 41.1 Å². The van der Waals surface area contributed by atoms with E-state index in [1.807, 2.05) is 7.05 Å². The molecule has 2 aromatic rings. The van der Waals surface area contributed by atoms with Gasteiger partial charge in [0.25, 0.3) is 0 Å². The van der Waals surface area contributed by atoms with Gasteiger partial charge in [-0.2, -0.15) is 11.3 Å². The van der Waals surface area contributed by atoms with Gasteiger partial charge in [0.05, 0.1) is 0 Å². The van der Waals surface area contributed by atoms with E-state index in [1.54, 1.807) is 11.3 Å². The Labute approximate surface area is 101 Å². The van der Waals surface area contributed by atoms with Crippen LogP contribution in [0.1, 0.15) is 22.7 Å². The summed E-state index contributed by atoms with van der Waals surface area (Å²) in [6, 6.07) is 11.4. The molecule has 2 rings (SSSR count). The van der Waals surface area contributed by atoms with Crippen LogP contribution in [-0.2, 0) is 6.42 Å². The Morgan fingerprint density at radius 3 is 2.81 bits per heavy atom. The first kappa shape index (κ1) is 11.4. The predicted octanol–water partition coefficient (Wildman–Crippen LogP) is 3.56. The molecule has 0 amide bonds. The Balaban J connectivity index is 2.13. The van der Waals surface area contributed by atoms with E-state index in [0.717, 1.165) is 6.42 Å². The Bertz CT molecular complexity index is 434. The van der Waals surface area contributed by atoms with Crippen molar-refractivity contribution in [1.29, 1.82) is 0 Å². The molecule has 0 fully saturated rings. The smallest absolute Gasteiger partial charge is 0.0366 e. The second kappa shape index (κ2) is 5.28. The highest BCUT2D eigenvalue weighted by Crippen LogP contribution is 2.20. The molecule has 0 bridgehead atoms. The summed E-state index contributed by atoms with van der Waals surface area (Å²) in [5.41, 5.74) is 4.11. The molecule has 0 aliphatic heterocycles. The van der Waals surface area contributed by atoms with Crippen molar-refractivity contribution in [2.75, 3.05) is 7.05 Å². The lowest BCUT2D eigenvalue weighted by Gasteiger charge is -2.15. The van der Waals surface area contributed by atoms with E-state index < -0.39 is 0 Å². The number of rotatable bonds is 4. The SMILES string of the molecule is CNC(Cc1cccc(C)c1)c1ccsc1. The Morgan fingerprint density at radius 1 is 1.31 bits per heavy atom. The van der Waals surface area contributed by atoms with Crippen LogP contribution in [-0.4, -0.2) is 7.05 Å². The molecule has 0 aliphatic carbocycles. The molecule has 1 aromatic heterocycles. The van der Waals surface area contributed by atoms with Crippen LogP contribution in [0.4, 0.5) is 0 Å². The van der Waals surface area contributed by atoms with Gasteiger partial charge in [0.15, 0.2) is 0 Å². The van der Waals surface area contributed by atoms with Crippen molar-refractivity contribution in [2.24, 2.45) is 0 Å². The minimum atomic E-state index is 0.424. The zero-order chi connectivity index (χ0) is 11.4. The first-order valence-electron chi connectivity index (χ1n) is 5.54. The maximum Gasteiger partial charge on any atom is 0.0366 e. The third kappa shape index (κ3) is 2.71. The highest BCUT2D eigenvalue weighted by molar-refractivity contribution is 7.07. The zero-order valence-corrected chi connectivity index (χ0v) is 10.6. The normalized spacial score (nSPS) is 12.6. The highest BCUT2D eigenvalue weighted by Gasteiger charge is 2.10. The molecule has 0 aliphatic rings. The van der Waals surface area contributed by atoms with Gasteiger partial charge >= 0.3 is 0 Å². The van der Waals surface area contributed by atoms with E-state index >= 15 is 0 Å². The molecule has 1 atom stereocenters. The monoisotopic (exact) mass is 231 g/mol. The Morgan fingerprint density at radius 2 is 2.19 bits per heavy atom. The summed E-state index contributed by atoms with van der Waals surface area (Å²) in [7, 11) is 2.03. The van der Waals surface area contributed by atoms with Crippen molar-refractivity contribution in [3.8, 4) is 0 Å². The maximum absolute atomic E-state index is 3.38. The minimum Gasteiger partial charge on any atom is -0.313 e. The number of aryl methyl sites for hydroxylation is 1. The average Bonchev–Trinajstić information content (AvgIpc) is 2.79. The number of likely N-dealkylation sites (N-methyl/N-ethyl adjacent to an activating group) is 1. The van der Waals surface area contributed by atoms with Gasteiger partial charge in [0, 0.05) is 6.04 Å². The molecule has 84 valence electrons. The van der Waals surface area contributed by atoms with Crippen molar-refractivity contribution >= 4 is 11.3 Å². The van der Waals surface area contributed by atoms with Gasteiger partial charge in [-0.15, -0.1) is 0 Å². The van der Waals surface area contributed by atoms with Crippen LogP contribution in [0.3, 0.4) is 0 Å². The first-order valence-corrected chi connectivity index (χ1v) is 6.49. The van der Waals surface area contributed by atoms with Gasteiger partial charge in [-0.05, 0) is 48.3 Å². The predicted molar refractivity (Wildman–Crippen MR) is 71.0 cm³/mol. The molecule has 1 N–H and O–H groups in total. The third-order valence-corrected chi connectivity index (χ3v) is 3.52. The van der Waals surface area contributed by atoms with Crippen LogP contribution in [0.25, 0.3) is 0 Å². The molecule has 1 unspecified atom stereocenters. The van der Waals surface area contributed by atoms with E-state index in [1.165, 1.54) is 16.7 Å². The molecule has 0 spiro atoms. The lowest BCUT2D eigenvalue weighted by Crippen LogP contribution is -2.18. The summed E-state index contributed by atoms with van der Waals surface area (Å²) in [6.07, 6.45) is 1.05. The lowest BCUT2D eigenvalue weighted by atomic mass is 10.0. The quantitative estimate of drug-likeness (QED) is 0.848. The van der Waals surface area contributed by atoms with Gasteiger partial charge in [-0.25, -0.2) is 0 Å². The van der Waals surface area contributed by atoms with Gasteiger partial charge in [-0.3, -0.25) is 0 Å². The summed E-state index contributed by atoms with van der Waals surface area (Å²) in [5.74, 6) is 0. The molecule has 1 heterocycles. The summed E-state index contributed by atoms with van der Waals surface area (Å²) in [5, 5.41) is 7.73. The number of thiophene rings is 1. The molecule has 1 nitrogen and oxygen atoms in total. The number of hydrogen-bond acceptors (Lipinski definition) is 2. The standard InChI is InChI=1S/C14H17NS/c1-11-4-3-5-12(8-11)9-14(15-2)13-6-7-16-10-13/h3-8,10,14-15H,9H2,1-2H3. The van der Waals surface area contributed by atoms with Crippen molar-refractivity contribution in [1.82, 2.24) is 5.32 Å². The Hall–Kier alpha value is -1.12. The number of benzene rings is 1. The summed E-state index contributed by atoms with van der Waals surface area (Å²) >= 11 is 1.76. The van der Waals surface area contributed by atoms with E-state index in [-0.39, 0.29) is 0 Å². The molecule has 2 heteroatoms. The van der Waals surface area contributed by atoms with Crippen LogP contribution in [0, 0.1) is 6.92 Å². The maximum atomic E-state index is 3.38. The van der Waals surface area contributed by atoms with E-state index in [4.69, 9.17) is 0 Å².